The summed E-state index contributed by atoms with van der Waals surface area (Å²) in [5.41, 5.74) is 0.539. The average molecular weight is 325 g/mol. The summed E-state index contributed by atoms with van der Waals surface area (Å²) < 4.78 is 0. The lowest BCUT2D eigenvalue weighted by atomic mass is 9.95. The SMILES string of the molecule is C[C@@H]1CN(C)CCN1C(C)(C)CN1CCN(C(C)(C)C)[C@@H](C)C1. The highest BCUT2D eigenvalue weighted by molar-refractivity contribution is 4.94. The number of hydrogen-bond donors (Lipinski definition) is 0. The Labute approximate surface area is 144 Å². The van der Waals surface area contributed by atoms with E-state index >= 15 is 0 Å². The van der Waals surface area contributed by atoms with Crippen molar-refractivity contribution < 1.29 is 0 Å². The molecule has 0 bridgehead atoms. The van der Waals surface area contributed by atoms with E-state index in [0.717, 1.165) is 0 Å². The van der Waals surface area contributed by atoms with Crippen molar-refractivity contribution >= 4 is 0 Å². The Balaban J connectivity index is 1.94. The number of rotatable bonds is 3. The third kappa shape index (κ3) is 4.68. The lowest BCUT2D eigenvalue weighted by Gasteiger charge is -2.52. The van der Waals surface area contributed by atoms with Gasteiger partial charge >= 0.3 is 0 Å². The highest BCUT2D eigenvalue weighted by Crippen LogP contribution is 2.25. The van der Waals surface area contributed by atoms with Crippen LogP contribution in [0, 0.1) is 0 Å². The van der Waals surface area contributed by atoms with E-state index in [9.17, 15) is 0 Å². The predicted octanol–water partition coefficient (Wildman–Crippen LogP) is 2.21. The Morgan fingerprint density at radius 1 is 0.783 bits per heavy atom. The fraction of sp³-hybridized carbons (Fsp3) is 1.00. The van der Waals surface area contributed by atoms with Crippen molar-refractivity contribution in [3.8, 4) is 0 Å². The van der Waals surface area contributed by atoms with Crippen LogP contribution in [0.2, 0.25) is 0 Å². The topological polar surface area (TPSA) is 13.0 Å². The van der Waals surface area contributed by atoms with Crippen molar-refractivity contribution in [2.75, 3.05) is 52.9 Å². The lowest BCUT2D eigenvalue weighted by Crippen LogP contribution is -2.64. The summed E-state index contributed by atoms with van der Waals surface area (Å²) in [4.78, 5) is 10.5. The molecule has 2 heterocycles. The first-order chi connectivity index (χ1) is 10.5. The van der Waals surface area contributed by atoms with Crippen molar-refractivity contribution in [3.63, 3.8) is 0 Å². The summed E-state index contributed by atoms with van der Waals surface area (Å²) in [7, 11) is 2.24. The van der Waals surface area contributed by atoms with Gasteiger partial charge in [-0.1, -0.05) is 0 Å². The van der Waals surface area contributed by atoms with E-state index in [1.165, 1.54) is 45.8 Å². The van der Waals surface area contributed by atoms with Crippen LogP contribution in [-0.2, 0) is 0 Å². The molecule has 2 rings (SSSR count). The zero-order chi connectivity index (χ0) is 17.4. The molecule has 0 radical (unpaired) electrons. The van der Waals surface area contributed by atoms with Crippen molar-refractivity contribution in [1.29, 1.82) is 0 Å². The number of hydrogen-bond acceptors (Lipinski definition) is 4. The minimum absolute atomic E-state index is 0.254. The van der Waals surface area contributed by atoms with Crippen LogP contribution in [-0.4, -0.2) is 95.6 Å². The molecule has 0 aliphatic carbocycles. The predicted molar refractivity (Wildman–Crippen MR) is 100 cm³/mol. The van der Waals surface area contributed by atoms with Gasteiger partial charge in [-0.25, -0.2) is 0 Å². The number of piperazine rings is 2. The standard InChI is InChI=1S/C19H40N4/c1-16-13-20(8)9-11-23(16)19(6,7)15-21-10-12-22(17(2)14-21)18(3,4)5/h16-17H,9-15H2,1-8H3/t16-,17+/m1/s1. The second-order valence-corrected chi connectivity index (χ2v) is 9.57. The van der Waals surface area contributed by atoms with E-state index in [4.69, 9.17) is 0 Å². The van der Waals surface area contributed by atoms with Gasteiger partial charge in [0.25, 0.3) is 0 Å². The molecule has 0 unspecified atom stereocenters. The van der Waals surface area contributed by atoms with Gasteiger partial charge in [0.05, 0.1) is 0 Å². The fourth-order valence-electron chi connectivity index (χ4n) is 4.85. The summed E-state index contributed by atoms with van der Waals surface area (Å²) in [6, 6.07) is 1.29. The molecule has 23 heavy (non-hydrogen) atoms. The molecule has 2 aliphatic rings. The monoisotopic (exact) mass is 324 g/mol. The molecule has 0 aromatic heterocycles. The van der Waals surface area contributed by atoms with E-state index in [1.54, 1.807) is 0 Å². The van der Waals surface area contributed by atoms with Gasteiger partial charge in [0.1, 0.15) is 0 Å². The quantitative estimate of drug-likeness (QED) is 0.789. The van der Waals surface area contributed by atoms with Crippen LogP contribution in [0.1, 0.15) is 48.5 Å². The summed E-state index contributed by atoms with van der Waals surface area (Å²) >= 11 is 0. The van der Waals surface area contributed by atoms with Gasteiger partial charge in [0, 0.05) is 69.0 Å². The molecular weight excluding hydrogens is 284 g/mol. The molecule has 0 N–H and O–H groups in total. The van der Waals surface area contributed by atoms with Crippen molar-refractivity contribution in [2.45, 2.75) is 71.6 Å². The Hall–Kier alpha value is -0.160. The van der Waals surface area contributed by atoms with E-state index in [1.807, 2.05) is 0 Å². The van der Waals surface area contributed by atoms with Crippen LogP contribution < -0.4 is 0 Å². The van der Waals surface area contributed by atoms with Crippen molar-refractivity contribution in [3.05, 3.63) is 0 Å². The second kappa shape index (κ2) is 6.99. The van der Waals surface area contributed by atoms with Crippen LogP contribution in [0.3, 0.4) is 0 Å². The zero-order valence-corrected chi connectivity index (χ0v) is 16.9. The zero-order valence-electron chi connectivity index (χ0n) is 16.9. The minimum atomic E-state index is 0.254. The van der Waals surface area contributed by atoms with E-state index in [0.29, 0.717) is 12.1 Å². The molecule has 2 atom stereocenters. The Morgan fingerprint density at radius 3 is 1.87 bits per heavy atom. The average Bonchev–Trinajstić information content (AvgIpc) is 2.35. The molecule has 136 valence electrons. The Morgan fingerprint density at radius 2 is 1.35 bits per heavy atom. The molecule has 4 nitrogen and oxygen atoms in total. The highest BCUT2D eigenvalue weighted by Gasteiger charge is 2.37. The maximum atomic E-state index is 2.73. The van der Waals surface area contributed by atoms with Gasteiger partial charge < -0.3 is 4.90 Å². The smallest absolute Gasteiger partial charge is 0.0284 e. The van der Waals surface area contributed by atoms with E-state index in [-0.39, 0.29) is 11.1 Å². The van der Waals surface area contributed by atoms with E-state index in [2.05, 4.69) is 75.1 Å². The van der Waals surface area contributed by atoms with Gasteiger partial charge in [-0.2, -0.15) is 0 Å². The summed E-state index contributed by atoms with van der Waals surface area (Å²) in [5, 5.41) is 0. The third-order valence-corrected chi connectivity index (χ3v) is 5.79. The first-order valence-corrected chi connectivity index (χ1v) is 9.45. The van der Waals surface area contributed by atoms with Crippen LogP contribution in [0.15, 0.2) is 0 Å². The molecule has 4 heteroatoms. The Bertz CT molecular complexity index is 387. The van der Waals surface area contributed by atoms with Crippen molar-refractivity contribution in [1.82, 2.24) is 19.6 Å². The first kappa shape index (κ1) is 19.2. The fourth-order valence-corrected chi connectivity index (χ4v) is 4.85. The number of likely N-dealkylation sites (N-methyl/N-ethyl adjacent to an activating group) is 1. The molecule has 2 fully saturated rings. The van der Waals surface area contributed by atoms with Crippen LogP contribution in [0.5, 0.6) is 0 Å². The van der Waals surface area contributed by atoms with Gasteiger partial charge in [-0.15, -0.1) is 0 Å². The molecular formula is C19H40N4. The third-order valence-electron chi connectivity index (χ3n) is 5.79. The molecule has 2 saturated heterocycles. The maximum absolute atomic E-state index is 2.73. The van der Waals surface area contributed by atoms with E-state index < -0.39 is 0 Å². The normalized spacial score (nSPS) is 30.8. The lowest BCUT2D eigenvalue weighted by molar-refractivity contribution is -0.0300. The molecule has 0 aromatic rings. The molecule has 0 spiro atoms. The summed E-state index contributed by atoms with van der Waals surface area (Å²) in [5.74, 6) is 0. The summed E-state index contributed by atoms with van der Waals surface area (Å²) in [6.45, 7) is 25.0. The number of nitrogens with zero attached hydrogens (tertiary/aromatic N) is 4. The molecule has 0 saturated carbocycles. The van der Waals surface area contributed by atoms with Gasteiger partial charge in [0.15, 0.2) is 0 Å². The molecule has 0 amide bonds. The summed E-state index contributed by atoms with van der Waals surface area (Å²) in [6.07, 6.45) is 0. The Kier molecular flexibility index (Phi) is 5.82. The largest absolute Gasteiger partial charge is 0.304 e. The van der Waals surface area contributed by atoms with Gasteiger partial charge in [-0.05, 0) is 55.5 Å². The van der Waals surface area contributed by atoms with Gasteiger partial charge in [-0.3, -0.25) is 14.7 Å². The second-order valence-electron chi connectivity index (χ2n) is 9.57. The maximum Gasteiger partial charge on any atom is 0.0284 e. The van der Waals surface area contributed by atoms with Crippen LogP contribution in [0.25, 0.3) is 0 Å². The highest BCUT2D eigenvalue weighted by atomic mass is 15.4. The van der Waals surface area contributed by atoms with Crippen LogP contribution in [0.4, 0.5) is 0 Å². The van der Waals surface area contributed by atoms with Gasteiger partial charge in [0.2, 0.25) is 0 Å². The van der Waals surface area contributed by atoms with Crippen molar-refractivity contribution in [2.24, 2.45) is 0 Å². The first-order valence-electron chi connectivity index (χ1n) is 9.45. The van der Waals surface area contributed by atoms with Crippen LogP contribution >= 0.6 is 0 Å². The molecule has 0 aromatic carbocycles. The minimum Gasteiger partial charge on any atom is -0.304 e. The molecule has 2 aliphatic heterocycles.